The predicted molar refractivity (Wildman–Crippen MR) is 67.3 cm³/mol. The SMILES string of the molecule is C=CCCCCCCCC1=CC(C)(O)OC1=O. The molecule has 1 aliphatic rings. The molecule has 0 radical (unpaired) electrons. The fraction of sp³-hybridized carbons (Fsp3) is 0.643. The van der Waals surface area contributed by atoms with Gasteiger partial charge in [0.1, 0.15) is 0 Å². The molecule has 0 saturated carbocycles. The number of carbonyl (C=O) groups excluding carboxylic acids is 1. The Morgan fingerprint density at radius 2 is 2.00 bits per heavy atom. The van der Waals surface area contributed by atoms with Crippen LogP contribution in [0.5, 0.6) is 0 Å². The molecule has 3 nitrogen and oxygen atoms in total. The Labute approximate surface area is 103 Å². The van der Waals surface area contributed by atoms with Crippen LogP contribution in [0.25, 0.3) is 0 Å². The number of hydrogen-bond acceptors (Lipinski definition) is 3. The summed E-state index contributed by atoms with van der Waals surface area (Å²) < 4.78 is 4.78. The first-order valence-corrected chi connectivity index (χ1v) is 6.33. The maximum atomic E-state index is 11.3. The lowest BCUT2D eigenvalue weighted by molar-refractivity contribution is -0.172. The minimum atomic E-state index is -1.39. The van der Waals surface area contributed by atoms with Crippen molar-refractivity contribution >= 4 is 5.97 Å². The van der Waals surface area contributed by atoms with E-state index in [0.29, 0.717) is 12.0 Å². The zero-order chi connectivity index (χ0) is 12.7. The van der Waals surface area contributed by atoms with Gasteiger partial charge in [-0.1, -0.05) is 25.3 Å². The molecular weight excluding hydrogens is 216 g/mol. The van der Waals surface area contributed by atoms with E-state index in [9.17, 15) is 9.90 Å². The van der Waals surface area contributed by atoms with Gasteiger partial charge >= 0.3 is 5.97 Å². The van der Waals surface area contributed by atoms with Crippen molar-refractivity contribution in [3.05, 3.63) is 24.3 Å². The highest BCUT2D eigenvalue weighted by atomic mass is 16.7. The number of allylic oxidation sites excluding steroid dienone is 1. The zero-order valence-electron chi connectivity index (χ0n) is 10.6. The lowest BCUT2D eigenvalue weighted by Crippen LogP contribution is -2.22. The van der Waals surface area contributed by atoms with Gasteiger partial charge < -0.3 is 9.84 Å². The van der Waals surface area contributed by atoms with E-state index in [0.717, 1.165) is 19.3 Å². The van der Waals surface area contributed by atoms with Gasteiger partial charge in [0.25, 0.3) is 0 Å². The molecule has 0 aromatic carbocycles. The van der Waals surface area contributed by atoms with Crippen LogP contribution in [-0.2, 0) is 9.53 Å². The summed E-state index contributed by atoms with van der Waals surface area (Å²) in [5.41, 5.74) is 0.612. The van der Waals surface area contributed by atoms with E-state index in [1.54, 1.807) is 0 Å². The van der Waals surface area contributed by atoms with E-state index in [1.807, 2.05) is 6.08 Å². The lowest BCUT2D eigenvalue weighted by atomic mass is 10.0. The monoisotopic (exact) mass is 238 g/mol. The fourth-order valence-electron chi connectivity index (χ4n) is 1.97. The predicted octanol–water partition coefficient (Wildman–Crippen LogP) is 3.09. The molecule has 0 aromatic heterocycles. The fourth-order valence-corrected chi connectivity index (χ4v) is 1.97. The Morgan fingerprint density at radius 3 is 2.59 bits per heavy atom. The molecule has 0 spiro atoms. The Balaban J connectivity index is 2.11. The highest BCUT2D eigenvalue weighted by Crippen LogP contribution is 2.25. The van der Waals surface area contributed by atoms with Gasteiger partial charge in [-0.05, 0) is 31.8 Å². The molecular formula is C14H22O3. The second-order valence-electron chi connectivity index (χ2n) is 4.71. The quantitative estimate of drug-likeness (QED) is 0.401. The summed E-state index contributed by atoms with van der Waals surface area (Å²) in [7, 11) is 0. The summed E-state index contributed by atoms with van der Waals surface area (Å²) in [4.78, 5) is 11.3. The van der Waals surface area contributed by atoms with E-state index in [-0.39, 0.29) is 5.97 Å². The number of ether oxygens (including phenoxy) is 1. The van der Waals surface area contributed by atoms with E-state index in [4.69, 9.17) is 4.74 Å². The molecule has 0 aromatic rings. The molecule has 0 amide bonds. The Hall–Kier alpha value is -1.09. The number of hydrogen-bond donors (Lipinski definition) is 1. The minimum absolute atomic E-state index is 0.373. The standard InChI is InChI=1S/C14H22O3/c1-3-4-5-6-7-8-9-10-12-11-14(2,16)17-13(12)15/h3,11,16H,1,4-10H2,2H3. The van der Waals surface area contributed by atoms with E-state index in [2.05, 4.69) is 6.58 Å². The molecule has 1 aliphatic heterocycles. The van der Waals surface area contributed by atoms with Crippen molar-refractivity contribution in [3.8, 4) is 0 Å². The van der Waals surface area contributed by atoms with E-state index < -0.39 is 5.79 Å². The summed E-state index contributed by atoms with van der Waals surface area (Å²) in [5.74, 6) is -1.77. The van der Waals surface area contributed by atoms with Crippen LogP contribution in [0, 0.1) is 0 Å². The van der Waals surface area contributed by atoms with E-state index >= 15 is 0 Å². The first kappa shape index (κ1) is 14.0. The number of carbonyl (C=O) groups is 1. The van der Waals surface area contributed by atoms with Gasteiger partial charge in [0.05, 0.1) is 0 Å². The first-order valence-electron chi connectivity index (χ1n) is 6.33. The smallest absolute Gasteiger partial charge is 0.336 e. The summed E-state index contributed by atoms with van der Waals surface area (Å²) >= 11 is 0. The largest absolute Gasteiger partial charge is 0.426 e. The lowest BCUT2D eigenvalue weighted by Gasteiger charge is -2.11. The number of unbranched alkanes of at least 4 members (excludes halogenated alkanes) is 5. The van der Waals surface area contributed by atoms with Crippen LogP contribution in [0.1, 0.15) is 51.9 Å². The van der Waals surface area contributed by atoms with E-state index in [1.165, 1.54) is 32.3 Å². The summed E-state index contributed by atoms with van der Waals surface area (Å²) in [6.07, 6.45) is 10.9. The number of aliphatic hydroxyl groups is 1. The second-order valence-corrected chi connectivity index (χ2v) is 4.71. The van der Waals surface area contributed by atoms with Crippen molar-refractivity contribution in [2.45, 2.75) is 57.7 Å². The summed E-state index contributed by atoms with van der Waals surface area (Å²) in [5, 5.41) is 9.51. The maximum absolute atomic E-state index is 11.3. The van der Waals surface area contributed by atoms with Crippen LogP contribution >= 0.6 is 0 Å². The van der Waals surface area contributed by atoms with Crippen LogP contribution in [0.4, 0.5) is 0 Å². The van der Waals surface area contributed by atoms with Gasteiger partial charge in [0, 0.05) is 12.5 Å². The normalized spacial score (nSPS) is 23.4. The molecule has 17 heavy (non-hydrogen) atoms. The van der Waals surface area contributed by atoms with Crippen LogP contribution in [0.3, 0.4) is 0 Å². The average Bonchev–Trinajstić information content (AvgIpc) is 2.51. The molecule has 0 bridgehead atoms. The summed E-state index contributed by atoms with van der Waals surface area (Å²) in [6.45, 7) is 5.17. The molecule has 1 N–H and O–H groups in total. The minimum Gasteiger partial charge on any atom is -0.426 e. The first-order chi connectivity index (χ1) is 8.05. The van der Waals surface area contributed by atoms with Crippen molar-refractivity contribution < 1.29 is 14.6 Å². The second kappa shape index (κ2) is 6.60. The molecule has 1 heterocycles. The van der Waals surface area contributed by atoms with Crippen LogP contribution < -0.4 is 0 Å². The highest BCUT2D eigenvalue weighted by molar-refractivity contribution is 5.91. The average molecular weight is 238 g/mol. The van der Waals surface area contributed by atoms with Crippen molar-refractivity contribution in [3.63, 3.8) is 0 Å². The van der Waals surface area contributed by atoms with Crippen molar-refractivity contribution in [1.29, 1.82) is 0 Å². The molecule has 1 atom stereocenters. The van der Waals surface area contributed by atoms with Crippen LogP contribution in [-0.4, -0.2) is 16.9 Å². The molecule has 1 rings (SSSR count). The van der Waals surface area contributed by atoms with Gasteiger partial charge in [0.15, 0.2) is 0 Å². The van der Waals surface area contributed by atoms with Crippen molar-refractivity contribution in [1.82, 2.24) is 0 Å². The summed E-state index contributed by atoms with van der Waals surface area (Å²) in [6, 6.07) is 0. The van der Waals surface area contributed by atoms with Gasteiger partial charge in [0.2, 0.25) is 5.79 Å². The Kier molecular flexibility index (Phi) is 5.42. The molecule has 1 unspecified atom stereocenters. The molecule has 0 aliphatic carbocycles. The Bertz CT molecular complexity index is 303. The molecule has 96 valence electrons. The third-order valence-corrected chi connectivity index (χ3v) is 2.86. The topological polar surface area (TPSA) is 46.5 Å². The maximum Gasteiger partial charge on any atom is 0.336 e. The number of rotatable bonds is 8. The Morgan fingerprint density at radius 1 is 1.35 bits per heavy atom. The van der Waals surface area contributed by atoms with Crippen molar-refractivity contribution in [2.24, 2.45) is 0 Å². The third kappa shape index (κ3) is 5.18. The third-order valence-electron chi connectivity index (χ3n) is 2.86. The van der Waals surface area contributed by atoms with Crippen molar-refractivity contribution in [2.75, 3.05) is 0 Å². The number of esters is 1. The van der Waals surface area contributed by atoms with Gasteiger partial charge in [-0.25, -0.2) is 4.79 Å². The van der Waals surface area contributed by atoms with Crippen LogP contribution in [0.15, 0.2) is 24.3 Å². The van der Waals surface area contributed by atoms with Gasteiger partial charge in [-0.2, -0.15) is 0 Å². The van der Waals surface area contributed by atoms with Gasteiger partial charge in [-0.15, -0.1) is 6.58 Å². The van der Waals surface area contributed by atoms with Crippen LogP contribution in [0.2, 0.25) is 0 Å². The molecule has 3 heteroatoms. The molecule has 0 fully saturated rings. The van der Waals surface area contributed by atoms with Gasteiger partial charge in [-0.3, -0.25) is 0 Å². The number of cyclic esters (lactones) is 1. The molecule has 0 saturated heterocycles. The highest BCUT2D eigenvalue weighted by Gasteiger charge is 2.32. The zero-order valence-corrected chi connectivity index (χ0v) is 10.6.